The van der Waals surface area contributed by atoms with Crippen LogP contribution in [0.1, 0.15) is 12.8 Å². The van der Waals surface area contributed by atoms with Crippen LogP contribution in [0.15, 0.2) is 12.7 Å². The SMILES string of the molecule is C=CCC1C[C@H](O)OC1=O. The topological polar surface area (TPSA) is 46.5 Å². The molecule has 0 aliphatic carbocycles. The number of carbonyl (C=O) groups is 1. The maximum absolute atomic E-state index is 10.7. The molecule has 0 aromatic rings. The highest BCUT2D eigenvalue weighted by atomic mass is 16.6. The first-order valence-corrected chi connectivity index (χ1v) is 3.23. The molecule has 56 valence electrons. The Morgan fingerprint density at radius 2 is 2.60 bits per heavy atom. The van der Waals surface area contributed by atoms with Gasteiger partial charge in [-0.15, -0.1) is 6.58 Å². The zero-order valence-corrected chi connectivity index (χ0v) is 5.62. The molecule has 3 heteroatoms. The highest BCUT2D eigenvalue weighted by Gasteiger charge is 2.31. The molecule has 0 aromatic carbocycles. The van der Waals surface area contributed by atoms with Crippen molar-refractivity contribution in [1.29, 1.82) is 0 Å². The summed E-state index contributed by atoms with van der Waals surface area (Å²) in [5.74, 6) is -0.486. The summed E-state index contributed by atoms with van der Waals surface area (Å²) in [7, 11) is 0. The number of esters is 1. The van der Waals surface area contributed by atoms with Crippen LogP contribution in [0.2, 0.25) is 0 Å². The van der Waals surface area contributed by atoms with Gasteiger partial charge in [-0.2, -0.15) is 0 Å². The van der Waals surface area contributed by atoms with Crippen LogP contribution < -0.4 is 0 Å². The lowest BCUT2D eigenvalue weighted by atomic mass is 10.0. The van der Waals surface area contributed by atoms with Crippen LogP contribution in [0.4, 0.5) is 0 Å². The minimum atomic E-state index is -0.891. The molecule has 1 fully saturated rings. The average molecular weight is 142 g/mol. The third-order valence-corrected chi connectivity index (χ3v) is 1.52. The Morgan fingerprint density at radius 1 is 1.90 bits per heavy atom. The fourth-order valence-electron chi connectivity index (χ4n) is 1.01. The van der Waals surface area contributed by atoms with E-state index in [0.29, 0.717) is 12.8 Å². The summed E-state index contributed by atoms with van der Waals surface area (Å²) < 4.78 is 4.50. The first kappa shape index (κ1) is 7.28. The van der Waals surface area contributed by atoms with Gasteiger partial charge in [0, 0.05) is 6.42 Å². The summed E-state index contributed by atoms with van der Waals surface area (Å²) in [6, 6.07) is 0. The van der Waals surface area contributed by atoms with Crippen molar-refractivity contribution in [2.45, 2.75) is 19.1 Å². The van der Waals surface area contributed by atoms with Gasteiger partial charge in [0.05, 0.1) is 5.92 Å². The van der Waals surface area contributed by atoms with Crippen molar-refractivity contribution in [1.82, 2.24) is 0 Å². The van der Waals surface area contributed by atoms with Crippen molar-refractivity contribution in [3.63, 3.8) is 0 Å². The number of rotatable bonds is 2. The number of hydrogen-bond donors (Lipinski definition) is 1. The van der Waals surface area contributed by atoms with E-state index in [1.54, 1.807) is 6.08 Å². The number of carbonyl (C=O) groups excluding carboxylic acids is 1. The van der Waals surface area contributed by atoms with Crippen molar-refractivity contribution in [3.05, 3.63) is 12.7 Å². The van der Waals surface area contributed by atoms with Crippen molar-refractivity contribution >= 4 is 5.97 Å². The Morgan fingerprint density at radius 3 is 3.00 bits per heavy atom. The summed E-state index contributed by atoms with van der Waals surface area (Å²) in [6.07, 6.45) is 1.77. The van der Waals surface area contributed by atoms with Crippen molar-refractivity contribution in [2.24, 2.45) is 5.92 Å². The van der Waals surface area contributed by atoms with E-state index in [1.165, 1.54) is 0 Å². The third kappa shape index (κ3) is 1.36. The van der Waals surface area contributed by atoms with Crippen LogP contribution >= 0.6 is 0 Å². The molecular weight excluding hydrogens is 132 g/mol. The number of allylic oxidation sites excluding steroid dienone is 1. The molecule has 0 aromatic heterocycles. The molecule has 1 rings (SSSR count). The second kappa shape index (κ2) is 2.84. The van der Waals surface area contributed by atoms with Crippen molar-refractivity contribution in [2.75, 3.05) is 0 Å². The summed E-state index contributed by atoms with van der Waals surface area (Å²) in [6.45, 7) is 3.49. The lowest BCUT2D eigenvalue weighted by molar-refractivity contribution is -0.155. The van der Waals surface area contributed by atoms with Crippen molar-refractivity contribution < 1.29 is 14.6 Å². The van der Waals surface area contributed by atoms with Gasteiger partial charge in [0.2, 0.25) is 6.29 Å². The molecule has 0 radical (unpaired) electrons. The Kier molecular flexibility index (Phi) is 2.06. The molecule has 0 saturated carbocycles. The molecule has 1 unspecified atom stereocenters. The van der Waals surface area contributed by atoms with Gasteiger partial charge in [-0.05, 0) is 6.42 Å². The van der Waals surface area contributed by atoms with Gasteiger partial charge < -0.3 is 9.84 Å². The highest BCUT2D eigenvalue weighted by molar-refractivity contribution is 5.74. The van der Waals surface area contributed by atoms with Gasteiger partial charge in [-0.25, -0.2) is 0 Å². The maximum Gasteiger partial charge on any atom is 0.311 e. The smallest absolute Gasteiger partial charge is 0.311 e. The molecule has 0 spiro atoms. The van der Waals surface area contributed by atoms with E-state index >= 15 is 0 Å². The third-order valence-electron chi connectivity index (χ3n) is 1.52. The van der Waals surface area contributed by atoms with Gasteiger partial charge in [-0.1, -0.05) is 6.08 Å². The maximum atomic E-state index is 10.7. The minimum Gasteiger partial charge on any atom is -0.436 e. The zero-order valence-electron chi connectivity index (χ0n) is 5.62. The largest absolute Gasteiger partial charge is 0.436 e. The van der Waals surface area contributed by atoms with Crippen LogP contribution in [0.5, 0.6) is 0 Å². The molecule has 1 aliphatic rings. The molecular formula is C7H10O3. The first-order chi connectivity index (χ1) is 4.74. The normalized spacial score (nSPS) is 31.9. The number of hydrogen-bond acceptors (Lipinski definition) is 3. The number of ether oxygens (including phenoxy) is 1. The molecule has 0 bridgehead atoms. The molecule has 1 heterocycles. The molecule has 10 heavy (non-hydrogen) atoms. The summed E-state index contributed by atoms with van der Waals surface area (Å²) in [5, 5.41) is 8.82. The van der Waals surface area contributed by atoms with E-state index in [1.807, 2.05) is 0 Å². The predicted octanol–water partition coefficient (Wildman–Crippen LogP) is 0.444. The van der Waals surface area contributed by atoms with Gasteiger partial charge in [0.1, 0.15) is 0 Å². The van der Waals surface area contributed by atoms with Crippen LogP contribution in [0.25, 0.3) is 0 Å². The average Bonchev–Trinajstić information content (AvgIpc) is 2.13. The van der Waals surface area contributed by atoms with E-state index in [9.17, 15) is 4.79 Å². The Hall–Kier alpha value is -0.830. The van der Waals surface area contributed by atoms with E-state index in [-0.39, 0.29) is 11.9 Å². The van der Waals surface area contributed by atoms with Crippen LogP contribution in [-0.2, 0) is 9.53 Å². The molecule has 0 amide bonds. The van der Waals surface area contributed by atoms with Gasteiger partial charge in [0.15, 0.2) is 0 Å². The van der Waals surface area contributed by atoms with Crippen LogP contribution in [-0.4, -0.2) is 17.4 Å². The molecule has 3 nitrogen and oxygen atoms in total. The van der Waals surface area contributed by atoms with Crippen LogP contribution in [0.3, 0.4) is 0 Å². The van der Waals surface area contributed by atoms with E-state index in [2.05, 4.69) is 11.3 Å². The standard InChI is InChI=1S/C7H10O3/c1-2-3-5-4-6(8)10-7(5)9/h2,5-6,8H,1,3-4H2/t5?,6-/m1/s1. The number of aliphatic hydroxyl groups excluding tert-OH is 1. The lowest BCUT2D eigenvalue weighted by Crippen LogP contribution is -2.05. The number of cyclic esters (lactones) is 1. The van der Waals surface area contributed by atoms with Crippen molar-refractivity contribution in [3.8, 4) is 0 Å². The summed E-state index contributed by atoms with van der Waals surface area (Å²) in [5.41, 5.74) is 0. The van der Waals surface area contributed by atoms with E-state index in [4.69, 9.17) is 5.11 Å². The highest BCUT2D eigenvalue weighted by Crippen LogP contribution is 2.22. The monoisotopic (exact) mass is 142 g/mol. The number of aliphatic hydroxyl groups is 1. The summed E-state index contributed by atoms with van der Waals surface area (Å²) in [4.78, 5) is 10.7. The van der Waals surface area contributed by atoms with E-state index < -0.39 is 6.29 Å². The molecule has 1 saturated heterocycles. The second-order valence-electron chi connectivity index (χ2n) is 2.35. The Balaban J connectivity index is 2.46. The fraction of sp³-hybridized carbons (Fsp3) is 0.571. The van der Waals surface area contributed by atoms with Gasteiger partial charge in [0.25, 0.3) is 0 Å². The quantitative estimate of drug-likeness (QED) is 0.449. The lowest BCUT2D eigenvalue weighted by Gasteiger charge is -1.96. The minimum absolute atomic E-state index is 0.174. The molecule has 2 atom stereocenters. The molecule has 1 N–H and O–H groups in total. The van der Waals surface area contributed by atoms with Gasteiger partial charge >= 0.3 is 5.97 Å². The Bertz CT molecular complexity index is 153. The second-order valence-corrected chi connectivity index (χ2v) is 2.35. The fourth-order valence-corrected chi connectivity index (χ4v) is 1.01. The summed E-state index contributed by atoms with van der Waals surface area (Å²) >= 11 is 0. The van der Waals surface area contributed by atoms with Crippen LogP contribution in [0, 0.1) is 5.92 Å². The zero-order chi connectivity index (χ0) is 7.56. The molecule has 1 aliphatic heterocycles. The first-order valence-electron chi connectivity index (χ1n) is 3.23. The Labute approximate surface area is 59.3 Å². The predicted molar refractivity (Wildman–Crippen MR) is 35.0 cm³/mol. The van der Waals surface area contributed by atoms with Gasteiger partial charge in [-0.3, -0.25) is 4.79 Å². The van der Waals surface area contributed by atoms with E-state index in [0.717, 1.165) is 0 Å².